The largest absolute Gasteiger partial charge is 0.497 e. The van der Waals surface area contributed by atoms with E-state index < -0.39 is 6.04 Å². The number of aryl methyl sites for hydroxylation is 1. The van der Waals surface area contributed by atoms with E-state index in [-0.39, 0.29) is 31.0 Å². The minimum absolute atomic E-state index is 0.0304. The highest BCUT2D eigenvalue weighted by molar-refractivity contribution is 6.31. The Morgan fingerprint density at radius 2 is 1.72 bits per heavy atom. The van der Waals surface area contributed by atoms with Crippen molar-refractivity contribution in [1.29, 1.82) is 0 Å². The number of carbonyl (C=O) groups excluding carboxylic acids is 2. The number of hydrogen-bond donors (Lipinski definition) is 1. The summed E-state index contributed by atoms with van der Waals surface area (Å²) in [5.41, 5.74) is 1.77. The predicted molar refractivity (Wildman–Crippen MR) is 127 cm³/mol. The number of benzene rings is 2. The van der Waals surface area contributed by atoms with Gasteiger partial charge in [-0.15, -0.1) is 0 Å². The van der Waals surface area contributed by atoms with Crippen LogP contribution in [0.15, 0.2) is 42.5 Å². The molecule has 0 bridgehead atoms. The van der Waals surface area contributed by atoms with Gasteiger partial charge in [-0.25, -0.2) is 0 Å². The van der Waals surface area contributed by atoms with Crippen LogP contribution in [-0.2, 0) is 16.1 Å². The molecular weight excluding hydrogens is 428 g/mol. The molecule has 6 nitrogen and oxygen atoms in total. The maximum Gasteiger partial charge on any atom is 0.261 e. The lowest BCUT2D eigenvalue weighted by Crippen LogP contribution is -2.51. The molecule has 0 saturated carbocycles. The zero-order chi connectivity index (χ0) is 23.7. The lowest BCUT2D eigenvalue weighted by Gasteiger charge is -2.31. The van der Waals surface area contributed by atoms with Gasteiger partial charge in [0.25, 0.3) is 5.91 Å². The molecule has 0 radical (unpaired) electrons. The summed E-state index contributed by atoms with van der Waals surface area (Å²) in [6.07, 6.45) is 1.30. The summed E-state index contributed by atoms with van der Waals surface area (Å²) in [4.78, 5) is 27.8. The number of nitrogens with zero attached hydrogens (tertiary/aromatic N) is 1. The molecule has 2 aromatic rings. The maximum absolute atomic E-state index is 13.2. The molecule has 2 aromatic carbocycles. The average molecular weight is 461 g/mol. The van der Waals surface area contributed by atoms with Gasteiger partial charge in [0.1, 0.15) is 17.5 Å². The topological polar surface area (TPSA) is 67.9 Å². The first-order valence-electron chi connectivity index (χ1n) is 10.9. The Morgan fingerprint density at radius 3 is 2.28 bits per heavy atom. The normalized spacial score (nSPS) is 12.6. The van der Waals surface area contributed by atoms with Crippen LogP contribution in [0.3, 0.4) is 0 Å². The van der Waals surface area contributed by atoms with Crippen LogP contribution in [0, 0.1) is 6.92 Å². The summed E-state index contributed by atoms with van der Waals surface area (Å²) >= 11 is 6.07. The maximum atomic E-state index is 13.2. The summed E-state index contributed by atoms with van der Waals surface area (Å²) in [6, 6.07) is 12.1. The summed E-state index contributed by atoms with van der Waals surface area (Å²) in [5, 5.41) is 3.64. The van der Waals surface area contributed by atoms with Crippen LogP contribution in [0.4, 0.5) is 0 Å². The van der Waals surface area contributed by atoms with E-state index in [0.717, 1.165) is 23.3 Å². The molecule has 32 heavy (non-hydrogen) atoms. The average Bonchev–Trinajstić information content (AvgIpc) is 2.79. The van der Waals surface area contributed by atoms with Crippen molar-refractivity contribution in [1.82, 2.24) is 10.2 Å². The SMILES string of the molecule is CC[C@@H](C)NC(=O)[C@H](CC)N(Cc1ccc(OC)cc1)C(=O)COc1ccc(Cl)c(C)c1. The van der Waals surface area contributed by atoms with Crippen molar-refractivity contribution in [2.24, 2.45) is 0 Å². The fraction of sp³-hybridized carbons (Fsp3) is 0.440. The molecule has 0 heterocycles. The third-order valence-electron chi connectivity index (χ3n) is 5.39. The Hall–Kier alpha value is -2.73. The number of nitrogens with one attached hydrogen (secondary N) is 1. The minimum atomic E-state index is -0.603. The van der Waals surface area contributed by atoms with Crippen LogP contribution >= 0.6 is 11.6 Å². The third kappa shape index (κ3) is 7.16. The number of methoxy groups -OCH3 is 1. The molecule has 0 aromatic heterocycles. The molecular formula is C25H33ClN2O4. The molecule has 0 aliphatic heterocycles. The molecule has 0 unspecified atom stereocenters. The first-order valence-corrected chi connectivity index (χ1v) is 11.3. The van der Waals surface area contributed by atoms with E-state index >= 15 is 0 Å². The predicted octanol–water partition coefficient (Wildman–Crippen LogP) is 4.76. The number of rotatable bonds is 11. The zero-order valence-electron chi connectivity index (χ0n) is 19.5. The van der Waals surface area contributed by atoms with E-state index in [1.807, 2.05) is 52.0 Å². The zero-order valence-corrected chi connectivity index (χ0v) is 20.2. The highest BCUT2D eigenvalue weighted by Crippen LogP contribution is 2.22. The first kappa shape index (κ1) is 25.5. The fourth-order valence-corrected chi connectivity index (χ4v) is 3.34. The van der Waals surface area contributed by atoms with Crippen molar-refractivity contribution in [3.8, 4) is 11.5 Å². The number of halogens is 1. The van der Waals surface area contributed by atoms with Crippen molar-refractivity contribution in [2.45, 2.75) is 59.2 Å². The van der Waals surface area contributed by atoms with E-state index in [2.05, 4.69) is 5.32 Å². The van der Waals surface area contributed by atoms with Gasteiger partial charge in [0, 0.05) is 17.6 Å². The molecule has 0 spiro atoms. The Balaban J connectivity index is 2.22. The Labute approximate surface area is 195 Å². The van der Waals surface area contributed by atoms with Crippen LogP contribution in [0.25, 0.3) is 0 Å². The van der Waals surface area contributed by atoms with Gasteiger partial charge in [-0.05, 0) is 68.1 Å². The summed E-state index contributed by atoms with van der Waals surface area (Å²) in [6.45, 7) is 7.85. The van der Waals surface area contributed by atoms with Crippen molar-refractivity contribution >= 4 is 23.4 Å². The number of amides is 2. The highest BCUT2D eigenvalue weighted by atomic mass is 35.5. The van der Waals surface area contributed by atoms with Crippen molar-refractivity contribution < 1.29 is 19.1 Å². The number of carbonyl (C=O) groups is 2. The Bertz CT molecular complexity index is 901. The molecule has 0 fully saturated rings. The Kier molecular flexibility index (Phi) is 9.85. The third-order valence-corrected chi connectivity index (χ3v) is 5.81. The standard InChI is InChI=1S/C25H33ClN2O4/c1-6-18(4)27-25(30)23(7-2)28(15-19-8-10-20(31-5)11-9-19)24(29)16-32-21-12-13-22(26)17(3)14-21/h8-14,18,23H,6-7,15-16H2,1-5H3,(H,27,30)/t18-,23+/m1/s1. The van der Waals surface area contributed by atoms with Crippen LogP contribution in [0.1, 0.15) is 44.7 Å². The van der Waals surface area contributed by atoms with Gasteiger partial charge >= 0.3 is 0 Å². The van der Waals surface area contributed by atoms with E-state index in [0.29, 0.717) is 17.2 Å². The number of ether oxygens (including phenoxy) is 2. The van der Waals surface area contributed by atoms with Crippen LogP contribution in [0.2, 0.25) is 5.02 Å². The van der Waals surface area contributed by atoms with Crippen LogP contribution in [0.5, 0.6) is 11.5 Å². The van der Waals surface area contributed by atoms with E-state index in [4.69, 9.17) is 21.1 Å². The molecule has 2 atom stereocenters. The molecule has 7 heteroatoms. The minimum Gasteiger partial charge on any atom is -0.497 e. The lowest BCUT2D eigenvalue weighted by atomic mass is 10.1. The summed E-state index contributed by atoms with van der Waals surface area (Å²) in [7, 11) is 1.60. The van der Waals surface area contributed by atoms with Gasteiger partial charge in [0.05, 0.1) is 7.11 Å². The molecule has 174 valence electrons. The summed E-state index contributed by atoms with van der Waals surface area (Å²) < 4.78 is 10.9. The smallest absolute Gasteiger partial charge is 0.261 e. The van der Waals surface area contributed by atoms with Gasteiger partial charge in [-0.2, -0.15) is 0 Å². The lowest BCUT2D eigenvalue weighted by molar-refractivity contribution is -0.143. The van der Waals surface area contributed by atoms with Gasteiger partial charge in [-0.3, -0.25) is 9.59 Å². The summed E-state index contributed by atoms with van der Waals surface area (Å²) in [5.74, 6) is 0.863. The number of hydrogen-bond acceptors (Lipinski definition) is 4. The quantitative estimate of drug-likeness (QED) is 0.525. The monoisotopic (exact) mass is 460 g/mol. The second kappa shape index (κ2) is 12.3. The molecule has 2 amide bonds. The van der Waals surface area contributed by atoms with Crippen molar-refractivity contribution in [2.75, 3.05) is 13.7 Å². The second-order valence-electron chi connectivity index (χ2n) is 7.81. The van der Waals surface area contributed by atoms with Crippen LogP contribution in [-0.4, -0.2) is 42.5 Å². The highest BCUT2D eigenvalue weighted by Gasteiger charge is 2.29. The molecule has 1 N–H and O–H groups in total. The molecule has 0 aliphatic carbocycles. The van der Waals surface area contributed by atoms with Crippen molar-refractivity contribution in [3.05, 3.63) is 58.6 Å². The van der Waals surface area contributed by atoms with E-state index in [1.54, 1.807) is 30.2 Å². The molecule has 0 aliphatic rings. The first-order chi connectivity index (χ1) is 15.3. The Morgan fingerprint density at radius 1 is 1.06 bits per heavy atom. The van der Waals surface area contributed by atoms with E-state index in [1.165, 1.54) is 0 Å². The van der Waals surface area contributed by atoms with Gasteiger partial charge in [-0.1, -0.05) is 37.6 Å². The van der Waals surface area contributed by atoms with Gasteiger partial charge in [0.15, 0.2) is 6.61 Å². The second-order valence-corrected chi connectivity index (χ2v) is 8.22. The van der Waals surface area contributed by atoms with Crippen LogP contribution < -0.4 is 14.8 Å². The van der Waals surface area contributed by atoms with E-state index in [9.17, 15) is 9.59 Å². The molecule has 0 saturated heterocycles. The fourth-order valence-electron chi connectivity index (χ4n) is 3.22. The van der Waals surface area contributed by atoms with Gasteiger partial charge < -0.3 is 19.7 Å². The van der Waals surface area contributed by atoms with Crippen molar-refractivity contribution in [3.63, 3.8) is 0 Å². The molecule has 2 rings (SSSR count). The van der Waals surface area contributed by atoms with Gasteiger partial charge in [0.2, 0.25) is 5.91 Å².